The van der Waals surface area contributed by atoms with Crippen molar-refractivity contribution < 1.29 is 8.42 Å². The van der Waals surface area contributed by atoms with Crippen LogP contribution in [0.2, 0.25) is 0 Å². The average Bonchev–Trinajstić information content (AvgIpc) is 3.37. The number of nitrogens with zero attached hydrogens (tertiary/aromatic N) is 4. The van der Waals surface area contributed by atoms with Gasteiger partial charge in [0.15, 0.2) is 0 Å². The molecule has 29 heavy (non-hydrogen) atoms. The maximum atomic E-state index is 13.5. The van der Waals surface area contributed by atoms with Gasteiger partial charge in [0.1, 0.15) is 0 Å². The highest BCUT2D eigenvalue weighted by molar-refractivity contribution is 7.89. The largest absolute Gasteiger partial charge is 0.297 e. The second-order valence-corrected chi connectivity index (χ2v) is 10.6. The Hall–Kier alpha value is -2.13. The van der Waals surface area contributed by atoms with Gasteiger partial charge in [0, 0.05) is 37.4 Å². The Balaban J connectivity index is 1.53. The number of hydrogen-bond acceptors (Lipinski definition) is 6. The van der Waals surface area contributed by atoms with Gasteiger partial charge in [0.2, 0.25) is 10.0 Å². The van der Waals surface area contributed by atoms with E-state index in [-0.39, 0.29) is 0 Å². The Morgan fingerprint density at radius 3 is 2.69 bits per heavy atom. The first kappa shape index (κ1) is 18.9. The maximum absolute atomic E-state index is 13.5. The number of likely N-dealkylation sites (tertiary alicyclic amines) is 1. The molecule has 1 aromatic carbocycles. The number of rotatable bonds is 4. The first-order chi connectivity index (χ1) is 14.0. The van der Waals surface area contributed by atoms with E-state index in [0.717, 1.165) is 35.8 Å². The second kappa shape index (κ2) is 6.98. The van der Waals surface area contributed by atoms with Crippen LogP contribution in [0, 0.1) is 6.92 Å². The van der Waals surface area contributed by atoms with Gasteiger partial charge in [-0.05, 0) is 42.7 Å². The molecule has 0 bridgehead atoms. The van der Waals surface area contributed by atoms with E-state index in [1.54, 1.807) is 34.1 Å². The fraction of sp³-hybridized carbons (Fsp3) is 0.333. The van der Waals surface area contributed by atoms with Gasteiger partial charge >= 0.3 is 0 Å². The summed E-state index contributed by atoms with van der Waals surface area (Å²) in [5, 5.41) is 2.92. The van der Waals surface area contributed by atoms with E-state index in [9.17, 15) is 8.42 Å². The number of fused-ring (bicyclic) bond motifs is 2. The molecule has 6 nitrogen and oxygen atoms in total. The van der Waals surface area contributed by atoms with Crippen LogP contribution in [0.1, 0.15) is 28.2 Å². The summed E-state index contributed by atoms with van der Waals surface area (Å²) in [6.45, 7) is 4.57. The number of hydrogen-bond donors (Lipinski definition) is 0. The van der Waals surface area contributed by atoms with Gasteiger partial charge in [-0.2, -0.15) is 4.31 Å². The second-order valence-electron chi connectivity index (χ2n) is 7.71. The summed E-state index contributed by atoms with van der Waals surface area (Å²) in [5.74, 6) is 0. The molecule has 1 spiro atoms. The molecule has 2 aliphatic heterocycles. The van der Waals surface area contributed by atoms with Gasteiger partial charge < -0.3 is 0 Å². The quantitative estimate of drug-likeness (QED) is 0.641. The van der Waals surface area contributed by atoms with Crippen molar-refractivity contribution in [3.63, 3.8) is 0 Å². The van der Waals surface area contributed by atoms with Gasteiger partial charge in [-0.1, -0.05) is 18.2 Å². The highest BCUT2D eigenvalue weighted by Crippen LogP contribution is 2.50. The van der Waals surface area contributed by atoms with Gasteiger partial charge in [-0.3, -0.25) is 9.88 Å². The lowest BCUT2D eigenvalue weighted by Crippen LogP contribution is -2.45. The highest BCUT2D eigenvalue weighted by Gasteiger charge is 2.56. The minimum Gasteiger partial charge on any atom is -0.297 e. The SMILES string of the molecule is Cc1nc(CN2C3(CCN(Cc4ccncc4)C3)c3ccccc3S2(=O)=O)cs1. The number of benzene rings is 1. The van der Waals surface area contributed by atoms with Crippen LogP contribution in [0.4, 0.5) is 0 Å². The van der Waals surface area contributed by atoms with Crippen molar-refractivity contribution in [1.29, 1.82) is 0 Å². The first-order valence-corrected chi connectivity index (χ1v) is 12.0. The van der Waals surface area contributed by atoms with Crippen molar-refractivity contribution >= 4 is 21.4 Å². The van der Waals surface area contributed by atoms with Crippen LogP contribution in [-0.2, 0) is 28.7 Å². The van der Waals surface area contributed by atoms with Crippen LogP contribution < -0.4 is 0 Å². The Morgan fingerprint density at radius 1 is 1.14 bits per heavy atom. The molecule has 1 saturated heterocycles. The highest BCUT2D eigenvalue weighted by atomic mass is 32.2. The van der Waals surface area contributed by atoms with E-state index in [0.29, 0.717) is 18.0 Å². The normalized spacial score (nSPS) is 23.6. The lowest BCUT2D eigenvalue weighted by atomic mass is 9.89. The molecule has 8 heteroatoms. The van der Waals surface area contributed by atoms with Crippen molar-refractivity contribution in [1.82, 2.24) is 19.2 Å². The Labute approximate surface area is 174 Å². The first-order valence-electron chi connectivity index (χ1n) is 9.64. The predicted octanol–water partition coefficient (Wildman–Crippen LogP) is 3.15. The smallest absolute Gasteiger partial charge is 0.244 e. The van der Waals surface area contributed by atoms with Gasteiger partial charge in [-0.25, -0.2) is 13.4 Å². The number of aromatic nitrogens is 2. The van der Waals surface area contributed by atoms with E-state index in [1.165, 1.54) is 5.56 Å². The molecule has 1 unspecified atom stereocenters. The zero-order valence-corrected chi connectivity index (χ0v) is 17.8. The molecule has 0 amide bonds. The van der Waals surface area contributed by atoms with E-state index >= 15 is 0 Å². The topological polar surface area (TPSA) is 66.4 Å². The van der Waals surface area contributed by atoms with Gasteiger partial charge in [-0.15, -0.1) is 11.3 Å². The zero-order valence-electron chi connectivity index (χ0n) is 16.2. The Morgan fingerprint density at radius 2 is 1.93 bits per heavy atom. The summed E-state index contributed by atoms with van der Waals surface area (Å²) >= 11 is 1.56. The standard InChI is InChI=1S/C21H22N4O2S2/c1-16-23-18(14-28-16)13-25-21(19-4-2-3-5-20(19)29(25,26)27)8-11-24(15-21)12-17-6-9-22-10-7-17/h2-7,9-10,14H,8,11-13,15H2,1H3. The van der Waals surface area contributed by atoms with E-state index in [4.69, 9.17) is 0 Å². The summed E-state index contributed by atoms with van der Waals surface area (Å²) in [5.41, 5.74) is 2.38. The van der Waals surface area contributed by atoms with Crippen LogP contribution in [0.3, 0.4) is 0 Å². The zero-order chi connectivity index (χ0) is 20.1. The third kappa shape index (κ3) is 3.11. The van der Waals surface area contributed by atoms with E-state index in [2.05, 4.69) is 14.9 Å². The third-order valence-corrected chi connectivity index (χ3v) is 8.68. The number of sulfonamides is 1. The molecule has 1 fully saturated rings. The van der Waals surface area contributed by atoms with Gasteiger partial charge in [0.25, 0.3) is 0 Å². The summed E-state index contributed by atoms with van der Waals surface area (Å²) in [7, 11) is -3.56. The predicted molar refractivity (Wildman–Crippen MR) is 112 cm³/mol. The average molecular weight is 427 g/mol. The van der Waals surface area contributed by atoms with Crippen LogP contribution in [-0.4, -0.2) is 40.7 Å². The molecule has 150 valence electrons. The molecule has 2 aliphatic rings. The molecule has 3 aromatic rings. The number of thiazole rings is 1. The lowest BCUT2D eigenvalue weighted by Gasteiger charge is -2.34. The summed E-state index contributed by atoms with van der Waals surface area (Å²) < 4.78 is 28.7. The fourth-order valence-corrected chi connectivity index (χ4v) is 7.24. The fourth-order valence-electron chi connectivity index (χ4n) is 4.60. The van der Waals surface area contributed by atoms with Crippen LogP contribution in [0.5, 0.6) is 0 Å². The molecule has 5 rings (SSSR count). The molecule has 0 radical (unpaired) electrons. The molecular weight excluding hydrogens is 404 g/mol. The summed E-state index contributed by atoms with van der Waals surface area (Å²) in [4.78, 5) is 11.4. The van der Waals surface area contributed by atoms with Crippen molar-refractivity contribution in [3.8, 4) is 0 Å². The van der Waals surface area contributed by atoms with Gasteiger partial charge in [0.05, 0.1) is 27.7 Å². The Bertz CT molecular complexity index is 1150. The monoisotopic (exact) mass is 426 g/mol. The van der Waals surface area contributed by atoms with E-state index < -0.39 is 15.6 Å². The third-order valence-electron chi connectivity index (χ3n) is 5.89. The van der Waals surface area contributed by atoms with Crippen molar-refractivity contribution in [3.05, 3.63) is 76.0 Å². The Kier molecular flexibility index (Phi) is 4.54. The van der Waals surface area contributed by atoms with E-state index in [1.807, 2.05) is 42.6 Å². The molecule has 0 N–H and O–H groups in total. The number of aryl methyl sites for hydroxylation is 1. The minimum atomic E-state index is -3.56. The van der Waals surface area contributed by atoms with Crippen molar-refractivity contribution in [2.45, 2.75) is 36.9 Å². The molecule has 2 aromatic heterocycles. The minimum absolute atomic E-state index is 0.310. The molecule has 0 saturated carbocycles. The molecule has 0 aliphatic carbocycles. The van der Waals surface area contributed by atoms with Crippen molar-refractivity contribution in [2.75, 3.05) is 13.1 Å². The molecular formula is C21H22N4O2S2. The summed E-state index contributed by atoms with van der Waals surface area (Å²) in [6.07, 6.45) is 4.37. The van der Waals surface area contributed by atoms with Crippen LogP contribution >= 0.6 is 11.3 Å². The molecule has 1 atom stereocenters. The summed E-state index contributed by atoms with van der Waals surface area (Å²) in [6, 6.07) is 11.5. The van der Waals surface area contributed by atoms with Crippen LogP contribution in [0.25, 0.3) is 0 Å². The maximum Gasteiger partial charge on any atom is 0.244 e. The molecule has 4 heterocycles. The van der Waals surface area contributed by atoms with Crippen molar-refractivity contribution in [2.24, 2.45) is 0 Å². The van der Waals surface area contributed by atoms with Crippen LogP contribution in [0.15, 0.2) is 59.1 Å². The number of pyridine rings is 1. The lowest BCUT2D eigenvalue weighted by molar-refractivity contribution is 0.183.